The molecule has 0 aliphatic carbocycles. The van der Waals surface area contributed by atoms with Crippen LogP contribution in [0, 0.1) is 0 Å². The Balaban J connectivity index is 1.60. The highest BCUT2D eigenvalue weighted by Crippen LogP contribution is 2.47. The van der Waals surface area contributed by atoms with Crippen molar-refractivity contribution in [1.29, 1.82) is 0 Å². The number of hydrogen-bond acceptors (Lipinski definition) is 5. The van der Waals surface area contributed by atoms with Crippen LogP contribution in [0.2, 0.25) is 0 Å². The van der Waals surface area contributed by atoms with Gasteiger partial charge in [0.1, 0.15) is 11.5 Å². The lowest BCUT2D eigenvalue weighted by atomic mass is 9.98. The summed E-state index contributed by atoms with van der Waals surface area (Å²) in [5.74, 6) is 1.16. The van der Waals surface area contributed by atoms with Gasteiger partial charge in [0.25, 0.3) is 0 Å². The van der Waals surface area contributed by atoms with Gasteiger partial charge in [0.05, 0.1) is 16.6 Å². The molecule has 0 bridgehead atoms. The molecule has 2 atom stereocenters. The highest BCUT2D eigenvalue weighted by atomic mass is 32.1. The minimum Gasteiger partial charge on any atom is -0.508 e. The summed E-state index contributed by atoms with van der Waals surface area (Å²) in [6.07, 6.45) is 0.577. The molecule has 4 nitrogen and oxygen atoms in total. The molecule has 2 aliphatic heterocycles. The Bertz CT molecular complexity index is 935. The van der Waals surface area contributed by atoms with Gasteiger partial charge in [0.15, 0.2) is 0 Å². The van der Waals surface area contributed by atoms with E-state index in [9.17, 15) is 5.11 Å². The molecular formula is C20H16N2O2S. The molecule has 5 rings (SSSR count). The van der Waals surface area contributed by atoms with Gasteiger partial charge < -0.3 is 9.84 Å². The molecule has 0 radical (unpaired) electrons. The van der Waals surface area contributed by atoms with Crippen molar-refractivity contribution in [2.24, 2.45) is 5.10 Å². The average Bonchev–Trinajstić information content (AvgIpc) is 3.31. The van der Waals surface area contributed by atoms with Gasteiger partial charge >= 0.3 is 0 Å². The number of fused-ring (bicyclic) bond motifs is 3. The van der Waals surface area contributed by atoms with Gasteiger partial charge in [-0.25, -0.2) is 5.01 Å². The number of thiophene rings is 1. The second kappa shape index (κ2) is 5.63. The van der Waals surface area contributed by atoms with Gasteiger partial charge in [-0.15, -0.1) is 11.3 Å². The third-order valence-corrected chi connectivity index (χ3v) is 5.60. The lowest BCUT2D eigenvalue weighted by molar-refractivity contribution is -0.0190. The van der Waals surface area contributed by atoms with Gasteiger partial charge in [-0.1, -0.05) is 24.3 Å². The second-order valence-electron chi connectivity index (χ2n) is 6.22. The number of nitrogens with zero attached hydrogens (tertiary/aromatic N) is 2. The SMILES string of the molecule is Oc1ccc([C@H]2Oc3ccccc3[C@@H]3CC(c4cccs4)=NN23)cc1. The van der Waals surface area contributed by atoms with Gasteiger partial charge in [0, 0.05) is 17.5 Å². The van der Waals surface area contributed by atoms with E-state index in [-0.39, 0.29) is 18.0 Å². The Labute approximate surface area is 149 Å². The number of phenols is 1. The number of benzene rings is 2. The van der Waals surface area contributed by atoms with Crippen molar-refractivity contribution in [2.45, 2.75) is 18.7 Å². The van der Waals surface area contributed by atoms with Gasteiger partial charge in [-0.2, -0.15) is 5.10 Å². The molecule has 124 valence electrons. The second-order valence-corrected chi connectivity index (χ2v) is 7.17. The minimum atomic E-state index is -0.294. The Morgan fingerprint density at radius 2 is 1.88 bits per heavy atom. The smallest absolute Gasteiger partial charge is 0.213 e. The first-order valence-electron chi connectivity index (χ1n) is 8.24. The molecule has 0 amide bonds. The zero-order valence-corrected chi connectivity index (χ0v) is 14.2. The van der Waals surface area contributed by atoms with Crippen LogP contribution in [0.15, 0.2) is 71.1 Å². The number of rotatable bonds is 2. The fraction of sp³-hybridized carbons (Fsp3) is 0.150. The fourth-order valence-electron chi connectivity index (χ4n) is 3.48. The van der Waals surface area contributed by atoms with Crippen molar-refractivity contribution in [3.05, 3.63) is 82.0 Å². The van der Waals surface area contributed by atoms with E-state index in [1.165, 1.54) is 10.4 Å². The molecule has 0 saturated heterocycles. The van der Waals surface area contributed by atoms with E-state index in [2.05, 4.69) is 28.6 Å². The normalized spacial score (nSPS) is 21.3. The lowest BCUT2D eigenvalue weighted by Crippen LogP contribution is -2.33. The van der Waals surface area contributed by atoms with E-state index >= 15 is 0 Å². The van der Waals surface area contributed by atoms with E-state index in [0.717, 1.165) is 23.4 Å². The highest BCUT2D eigenvalue weighted by Gasteiger charge is 2.40. The van der Waals surface area contributed by atoms with Crippen LogP contribution in [0.4, 0.5) is 0 Å². The van der Waals surface area contributed by atoms with Crippen LogP contribution in [-0.2, 0) is 0 Å². The van der Waals surface area contributed by atoms with E-state index in [1.54, 1.807) is 23.5 Å². The summed E-state index contributed by atoms with van der Waals surface area (Å²) >= 11 is 1.71. The van der Waals surface area contributed by atoms with Crippen LogP contribution in [0.5, 0.6) is 11.5 Å². The summed E-state index contributed by atoms with van der Waals surface area (Å²) in [6.45, 7) is 0. The summed E-state index contributed by atoms with van der Waals surface area (Å²) < 4.78 is 6.28. The molecule has 5 heteroatoms. The Hall–Kier alpha value is -2.79. The Morgan fingerprint density at radius 1 is 1.04 bits per heavy atom. The maximum atomic E-state index is 9.59. The van der Waals surface area contributed by atoms with Crippen molar-refractivity contribution in [3.63, 3.8) is 0 Å². The maximum Gasteiger partial charge on any atom is 0.213 e. The molecule has 1 aromatic heterocycles. The van der Waals surface area contributed by atoms with E-state index in [1.807, 2.05) is 30.3 Å². The molecule has 25 heavy (non-hydrogen) atoms. The quantitative estimate of drug-likeness (QED) is 0.730. The zero-order valence-electron chi connectivity index (χ0n) is 13.4. The molecule has 3 heterocycles. The van der Waals surface area contributed by atoms with Crippen LogP contribution >= 0.6 is 11.3 Å². The largest absolute Gasteiger partial charge is 0.508 e. The predicted octanol–water partition coefficient (Wildman–Crippen LogP) is 4.70. The average molecular weight is 348 g/mol. The molecule has 2 aromatic carbocycles. The molecule has 0 spiro atoms. The number of hydrazone groups is 1. The van der Waals surface area contributed by atoms with Crippen LogP contribution < -0.4 is 4.74 Å². The zero-order chi connectivity index (χ0) is 16.8. The summed E-state index contributed by atoms with van der Waals surface area (Å²) in [5.41, 5.74) is 3.25. The Morgan fingerprint density at radius 3 is 2.68 bits per heavy atom. The molecule has 0 saturated carbocycles. The van der Waals surface area contributed by atoms with E-state index in [0.29, 0.717) is 0 Å². The molecule has 3 aromatic rings. The summed E-state index contributed by atoms with van der Waals surface area (Å²) in [4.78, 5) is 1.20. The van der Waals surface area contributed by atoms with Crippen molar-refractivity contribution in [1.82, 2.24) is 5.01 Å². The topological polar surface area (TPSA) is 45.1 Å². The van der Waals surface area contributed by atoms with Crippen LogP contribution in [0.1, 0.15) is 34.7 Å². The molecule has 2 aliphatic rings. The van der Waals surface area contributed by atoms with E-state index in [4.69, 9.17) is 9.84 Å². The van der Waals surface area contributed by atoms with Crippen molar-refractivity contribution < 1.29 is 9.84 Å². The first-order valence-corrected chi connectivity index (χ1v) is 9.12. The number of para-hydroxylation sites is 1. The number of ether oxygens (including phenoxy) is 1. The first-order chi connectivity index (χ1) is 12.3. The van der Waals surface area contributed by atoms with Crippen LogP contribution in [-0.4, -0.2) is 15.8 Å². The maximum absolute atomic E-state index is 9.59. The van der Waals surface area contributed by atoms with Crippen molar-refractivity contribution >= 4 is 17.0 Å². The number of hydrogen-bond donors (Lipinski definition) is 1. The predicted molar refractivity (Wildman–Crippen MR) is 98.0 cm³/mol. The standard InChI is InChI=1S/C20H16N2O2S/c23-14-9-7-13(8-10-14)20-22-17(15-4-1-2-5-18(15)24-20)12-16(21-22)19-6-3-11-25-19/h1-11,17,20,23H,12H2/t17-,20+/m0/s1. The molecule has 1 N–H and O–H groups in total. The minimum absolute atomic E-state index is 0.167. The molecule has 0 fully saturated rings. The van der Waals surface area contributed by atoms with Crippen molar-refractivity contribution in [2.75, 3.05) is 0 Å². The third-order valence-electron chi connectivity index (χ3n) is 4.68. The summed E-state index contributed by atoms with van der Waals surface area (Å²) in [7, 11) is 0. The van der Waals surface area contributed by atoms with Gasteiger partial charge in [-0.3, -0.25) is 0 Å². The number of phenolic OH excluding ortho intramolecular Hbond substituents is 1. The van der Waals surface area contributed by atoms with Gasteiger partial charge in [-0.05, 0) is 41.8 Å². The van der Waals surface area contributed by atoms with Gasteiger partial charge in [0.2, 0.25) is 6.23 Å². The molecule has 0 unspecified atom stereocenters. The monoisotopic (exact) mass is 348 g/mol. The molecular weight excluding hydrogens is 332 g/mol. The van der Waals surface area contributed by atoms with Crippen molar-refractivity contribution in [3.8, 4) is 11.5 Å². The van der Waals surface area contributed by atoms with E-state index < -0.39 is 0 Å². The summed E-state index contributed by atoms with van der Waals surface area (Å²) in [5, 5.41) is 18.6. The lowest BCUT2D eigenvalue weighted by Gasteiger charge is -2.38. The highest BCUT2D eigenvalue weighted by molar-refractivity contribution is 7.12. The Kier molecular flexibility index (Phi) is 3.28. The van der Waals surface area contributed by atoms with Crippen LogP contribution in [0.25, 0.3) is 0 Å². The first kappa shape index (κ1) is 14.5. The summed E-state index contributed by atoms with van der Waals surface area (Å²) in [6, 6.07) is 19.7. The third kappa shape index (κ3) is 2.39. The van der Waals surface area contributed by atoms with Crippen LogP contribution in [0.3, 0.4) is 0 Å². The fourth-order valence-corrected chi connectivity index (χ4v) is 4.21. The number of aromatic hydroxyl groups is 1.